The summed E-state index contributed by atoms with van der Waals surface area (Å²) in [4.78, 5) is 18.1. The van der Waals surface area contributed by atoms with E-state index in [9.17, 15) is 0 Å². The highest BCUT2D eigenvalue weighted by Gasteiger charge is 2.20. The first-order valence-corrected chi connectivity index (χ1v) is 11.1. The summed E-state index contributed by atoms with van der Waals surface area (Å²) < 4.78 is 11.1. The van der Waals surface area contributed by atoms with Gasteiger partial charge in [-0.05, 0) is 50.5 Å². The number of benzene rings is 1. The molecule has 0 saturated carbocycles. The molecule has 2 heterocycles. The summed E-state index contributed by atoms with van der Waals surface area (Å²) >= 11 is 0. The third-order valence-corrected chi connectivity index (χ3v) is 5.16. The van der Waals surface area contributed by atoms with Crippen LogP contribution in [-0.2, 0) is 6.42 Å². The Labute approximate surface area is 185 Å². The third-order valence-electron chi connectivity index (χ3n) is 5.16. The predicted molar refractivity (Wildman–Crippen MR) is 124 cm³/mol. The second-order valence-corrected chi connectivity index (χ2v) is 7.28. The number of nitrogens with zero attached hydrogens (tertiary/aromatic N) is 5. The molecule has 0 spiro atoms. The van der Waals surface area contributed by atoms with Gasteiger partial charge in [-0.3, -0.25) is 4.99 Å². The average molecular weight is 427 g/mol. The van der Waals surface area contributed by atoms with Crippen LogP contribution in [0.2, 0.25) is 0 Å². The van der Waals surface area contributed by atoms with Crippen LogP contribution in [-0.4, -0.2) is 73.8 Å². The normalized spacial score (nSPS) is 14.5. The molecule has 0 aliphatic carbocycles. The van der Waals surface area contributed by atoms with E-state index in [1.807, 2.05) is 19.1 Å². The van der Waals surface area contributed by atoms with Gasteiger partial charge in [-0.15, -0.1) is 0 Å². The number of nitrogens with one attached hydrogen (secondary N) is 1. The fourth-order valence-corrected chi connectivity index (χ4v) is 3.61. The summed E-state index contributed by atoms with van der Waals surface area (Å²) in [6.45, 7) is 9.94. The number of aryl methyl sites for hydroxylation is 1. The van der Waals surface area contributed by atoms with Gasteiger partial charge in [0.05, 0.1) is 13.7 Å². The summed E-state index contributed by atoms with van der Waals surface area (Å²) in [5, 5.41) is 3.44. The molecule has 0 amide bonds. The first-order valence-electron chi connectivity index (χ1n) is 11.1. The Morgan fingerprint density at radius 1 is 1.10 bits per heavy atom. The van der Waals surface area contributed by atoms with E-state index < -0.39 is 0 Å². The van der Waals surface area contributed by atoms with Crippen molar-refractivity contribution < 1.29 is 9.47 Å². The number of anilines is 1. The van der Waals surface area contributed by atoms with Crippen LogP contribution in [0.25, 0.3) is 0 Å². The highest BCUT2D eigenvalue weighted by atomic mass is 16.5. The molecule has 1 aromatic carbocycles. The molecule has 1 N–H and O–H groups in total. The molecular weight excluding hydrogens is 392 g/mol. The lowest BCUT2D eigenvalue weighted by molar-refractivity contribution is 0.310. The molecule has 168 valence electrons. The van der Waals surface area contributed by atoms with Crippen LogP contribution in [0.4, 0.5) is 5.95 Å². The second kappa shape index (κ2) is 12.0. The van der Waals surface area contributed by atoms with E-state index in [1.54, 1.807) is 19.5 Å². The van der Waals surface area contributed by atoms with Crippen LogP contribution < -0.4 is 19.7 Å². The van der Waals surface area contributed by atoms with E-state index in [4.69, 9.17) is 14.5 Å². The van der Waals surface area contributed by atoms with Crippen molar-refractivity contribution in [1.82, 2.24) is 20.2 Å². The molecule has 1 aromatic heterocycles. The molecule has 31 heavy (non-hydrogen) atoms. The standard InChI is InChI=1S/C23H34N6O2/c1-4-24-22(28-14-16-29(17-15-28)23-26-12-7-13-27-23)25-11-6-8-19-9-10-20(30-3)21(18-19)31-5-2/h7,9-10,12-13,18H,4-6,8,11,14-17H2,1-3H3,(H,24,25). The van der Waals surface area contributed by atoms with E-state index >= 15 is 0 Å². The molecule has 0 unspecified atom stereocenters. The summed E-state index contributed by atoms with van der Waals surface area (Å²) in [6.07, 6.45) is 5.51. The van der Waals surface area contributed by atoms with E-state index in [0.29, 0.717) is 6.61 Å². The second-order valence-electron chi connectivity index (χ2n) is 7.28. The average Bonchev–Trinajstić information content (AvgIpc) is 2.82. The van der Waals surface area contributed by atoms with Crippen molar-refractivity contribution in [2.75, 3.05) is 57.9 Å². The fraction of sp³-hybridized carbons (Fsp3) is 0.522. The summed E-state index contributed by atoms with van der Waals surface area (Å²) in [5.74, 6) is 3.37. The van der Waals surface area contributed by atoms with Crippen LogP contribution in [0, 0.1) is 0 Å². The maximum atomic E-state index is 5.68. The molecule has 0 bridgehead atoms. The highest BCUT2D eigenvalue weighted by molar-refractivity contribution is 5.80. The lowest BCUT2D eigenvalue weighted by atomic mass is 10.1. The van der Waals surface area contributed by atoms with Crippen LogP contribution in [0.1, 0.15) is 25.8 Å². The topological polar surface area (TPSA) is 75.1 Å². The number of aromatic nitrogens is 2. The number of piperazine rings is 1. The molecule has 0 atom stereocenters. The maximum absolute atomic E-state index is 5.68. The minimum Gasteiger partial charge on any atom is -0.493 e. The number of rotatable bonds is 9. The van der Waals surface area contributed by atoms with Gasteiger partial charge in [0.2, 0.25) is 5.95 Å². The van der Waals surface area contributed by atoms with Gasteiger partial charge in [0, 0.05) is 51.7 Å². The van der Waals surface area contributed by atoms with Crippen molar-refractivity contribution in [2.24, 2.45) is 4.99 Å². The molecule has 3 rings (SSSR count). The molecule has 2 aromatic rings. The number of methoxy groups -OCH3 is 1. The summed E-state index contributed by atoms with van der Waals surface area (Å²) in [5.41, 5.74) is 1.24. The Kier molecular flexibility index (Phi) is 8.75. The Morgan fingerprint density at radius 3 is 2.55 bits per heavy atom. The number of hydrogen-bond acceptors (Lipinski definition) is 6. The lowest BCUT2D eigenvalue weighted by Gasteiger charge is -2.36. The van der Waals surface area contributed by atoms with Gasteiger partial charge in [-0.2, -0.15) is 0 Å². The Bertz CT molecular complexity index is 822. The van der Waals surface area contributed by atoms with Crippen LogP contribution in [0.5, 0.6) is 11.5 Å². The van der Waals surface area contributed by atoms with E-state index in [2.05, 4.69) is 44.1 Å². The van der Waals surface area contributed by atoms with Gasteiger partial charge >= 0.3 is 0 Å². The quantitative estimate of drug-likeness (QED) is 0.375. The van der Waals surface area contributed by atoms with Crippen LogP contribution in [0.15, 0.2) is 41.7 Å². The van der Waals surface area contributed by atoms with Crippen LogP contribution in [0.3, 0.4) is 0 Å². The van der Waals surface area contributed by atoms with E-state index in [-0.39, 0.29) is 0 Å². The predicted octanol–water partition coefficient (Wildman–Crippen LogP) is 2.60. The van der Waals surface area contributed by atoms with Crippen molar-refractivity contribution in [3.05, 3.63) is 42.2 Å². The molecule has 1 fully saturated rings. The lowest BCUT2D eigenvalue weighted by Crippen LogP contribution is -2.53. The van der Waals surface area contributed by atoms with Gasteiger partial charge in [0.1, 0.15) is 0 Å². The molecule has 0 radical (unpaired) electrons. The number of ether oxygens (including phenoxy) is 2. The fourth-order valence-electron chi connectivity index (χ4n) is 3.61. The Balaban J connectivity index is 1.51. The first kappa shape index (κ1) is 22.7. The third kappa shape index (κ3) is 6.47. The van der Waals surface area contributed by atoms with Gasteiger partial charge < -0.3 is 24.6 Å². The molecule has 8 nitrogen and oxygen atoms in total. The molecular formula is C23H34N6O2. The number of guanidine groups is 1. The van der Waals surface area contributed by atoms with Crippen molar-refractivity contribution >= 4 is 11.9 Å². The summed E-state index contributed by atoms with van der Waals surface area (Å²) in [7, 11) is 1.67. The zero-order chi connectivity index (χ0) is 21.9. The first-order chi connectivity index (χ1) is 15.2. The van der Waals surface area contributed by atoms with Gasteiger partial charge in [0.15, 0.2) is 17.5 Å². The minimum absolute atomic E-state index is 0.625. The van der Waals surface area contributed by atoms with Crippen molar-refractivity contribution in [3.8, 4) is 11.5 Å². The number of hydrogen-bond donors (Lipinski definition) is 1. The maximum Gasteiger partial charge on any atom is 0.225 e. The zero-order valence-corrected chi connectivity index (χ0v) is 18.9. The Hall–Kier alpha value is -3.03. The smallest absolute Gasteiger partial charge is 0.225 e. The summed E-state index contributed by atoms with van der Waals surface area (Å²) in [6, 6.07) is 7.99. The van der Waals surface area contributed by atoms with E-state index in [0.717, 1.165) is 75.5 Å². The molecule has 1 aliphatic heterocycles. The van der Waals surface area contributed by atoms with E-state index in [1.165, 1.54) is 5.56 Å². The SMILES string of the molecule is CCNC(=NCCCc1ccc(OC)c(OCC)c1)N1CCN(c2ncccn2)CC1. The molecule has 1 aliphatic rings. The van der Waals surface area contributed by atoms with Crippen molar-refractivity contribution in [1.29, 1.82) is 0 Å². The van der Waals surface area contributed by atoms with Crippen molar-refractivity contribution in [2.45, 2.75) is 26.7 Å². The monoisotopic (exact) mass is 426 g/mol. The highest BCUT2D eigenvalue weighted by Crippen LogP contribution is 2.28. The van der Waals surface area contributed by atoms with Crippen molar-refractivity contribution in [3.63, 3.8) is 0 Å². The Morgan fingerprint density at radius 2 is 1.87 bits per heavy atom. The largest absolute Gasteiger partial charge is 0.493 e. The number of aliphatic imine (C=N–C) groups is 1. The minimum atomic E-state index is 0.625. The van der Waals surface area contributed by atoms with Gasteiger partial charge in [-0.1, -0.05) is 6.07 Å². The molecule has 1 saturated heterocycles. The van der Waals surface area contributed by atoms with Gasteiger partial charge in [0.25, 0.3) is 0 Å². The van der Waals surface area contributed by atoms with Crippen LogP contribution >= 0.6 is 0 Å². The molecule has 8 heteroatoms. The zero-order valence-electron chi connectivity index (χ0n) is 18.9. The van der Waals surface area contributed by atoms with Gasteiger partial charge in [-0.25, -0.2) is 9.97 Å².